The fourth-order valence-electron chi connectivity index (χ4n) is 1.65. The van der Waals surface area contributed by atoms with Crippen LogP contribution in [-0.2, 0) is 6.42 Å². The van der Waals surface area contributed by atoms with E-state index in [1.54, 1.807) is 14.2 Å². The largest absolute Gasteiger partial charge is 0.493 e. The number of rotatable bonds is 6. The maximum absolute atomic E-state index is 5.34. The molecular formula is C15H26O2S. The first-order valence-electron chi connectivity index (χ1n) is 6.31. The summed E-state index contributed by atoms with van der Waals surface area (Å²) in [5.41, 5.74) is 1.33. The van der Waals surface area contributed by atoms with E-state index in [1.165, 1.54) is 11.3 Å². The van der Waals surface area contributed by atoms with Crippen LogP contribution >= 0.6 is 10.0 Å². The maximum Gasteiger partial charge on any atom is 0.160 e. The second-order valence-electron chi connectivity index (χ2n) is 5.32. The predicted molar refractivity (Wildman–Crippen MR) is 82.7 cm³/mol. The summed E-state index contributed by atoms with van der Waals surface area (Å²) in [5, 5.41) is 0.776. The number of benzene rings is 1. The molecule has 0 aliphatic rings. The first-order valence-corrected chi connectivity index (χ1v) is 8.99. The van der Waals surface area contributed by atoms with E-state index in [2.05, 4.69) is 38.5 Å². The van der Waals surface area contributed by atoms with Crippen molar-refractivity contribution in [1.29, 1.82) is 0 Å². The molecule has 0 saturated heterocycles. The van der Waals surface area contributed by atoms with Gasteiger partial charge in [-0.3, -0.25) is 0 Å². The number of aryl methyl sites for hydroxylation is 1. The minimum Gasteiger partial charge on any atom is -0.493 e. The summed E-state index contributed by atoms with van der Waals surface area (Å²) in [7, 11) is 2.85. The highest BCUT2D eigenvalue weighted by Crippen LogP contribution is 2.45. The summed E-state index contributed by atoms with van der Waals surface area (Å²) in [6.45, 7) is 4.65. The fraction of sp³-hybridized carbons (Fsp3) is 0.600. The van der Waals surface area contributed by atoms with Crippen molar-refractivity contribution in [2.45, 2.75) is 25.5 Å². The van der Waals surface area contributed by atoms with Gasteiger partial charge in [-0.1, -0.05) is 19.9 Å². The van der Waals surface area contributed by atoms with Gasteiger partial charge in [0.2, 0.25) is 0 Å². The molecule has 2 nitrogen and oxygen atoms in total. The van der Waals surface area contributed by atoms with Crippen molar-refractivity contribution < 1.29 is 9.47 Å². The van der Waals surface area contributed by atoms with Crippen LogP contribution in [-0.4, -0.2) is 37.7 Å². The highest BCUT2D eigenvalue weighted by atomic mass is 32.3. The van der Waals surface area contributed by atoms with Gasteiger partial charge in [0.25, 0.3) is 0 Å². The third-order valence-corrected chi connectivity index (χ3v) is 7.45. The number of methoxy groups -OCH3 is 2. The summed E-state index contributed by atoms with van der Waals surface area (Å²) in [6, 6.07) is 6.22. The fourth-order valence-corrected chi connectivity index (χ4v) is 2.89. The summed E-state index contributed by atoms with van der Waals surface area (Å²) in [4.78, 5) is 0. The van der Waals surface area contributed by atoms with Gasteiger partial charge >= 0.3 is 0 Å². The van der Waals surface area contributed by atoms with Crippen LogP contribution in [0.2, 0.25) is 0 Å². The molecular weight excluding hydrogens is 244 g/mol. The lowest BCUT2D eigenvalue weighted by atomic mass is 10.1. The van der Waals surface area contributed by atoms with Crippen LogP contribution in [0.4, 0.5) is 0 Å². The van der Waals surface area contributed by atoms with Gasteiger partial charge in [0.15, 0.2) is 11.5 Å². The van der Waals surface area contributed by atoms with Gasteiger partial charge < -0.3 is 9.47 Å². The topological polar surface area (TPSA) is 18.5 Å². The van der Waals surface area contributed by atoms with Crippen molar-refractivity contribution in [2.24, 2.45) is 0 Å². The van der Waals surface area contributed by atoms with E-state index in [-0.39, 0.29) is 0 Å². The van der Waals surface area contributed by atoms with Gasteiger partial charge in [0.05, 0.1) is 14.2 Å². The van der Waals surface area contributed by atoms with Gasteiger partial charge in [0, 0.05) is 0 Å². The highest BCUT2D eigenvalue weighted by Gasteiger charge is 2.16. The van der Waals surface area contributed by atoms with Crippen LogP contribution in [0, 0.1) is 0 Å². The van der Waals surface area contributed by atoms with Gasteiger partial charge in [0.1, 0.15) is 0 Å². The summed E-state index contributed by atoms with van der Waals surface area (Å²) < 4.78 is 10.6. The molecule has 0 atom stereocenters. The average Bonchev–Trinajstić information content (AvgIpc) is 2.35. The van der Waals surface area contributed by atoms with E-state index in [4.69, 9.17) is 9.47 Å². The quantitative estimate of drug-likeness (QED) is 0.784. The molecule has 0 aromatic heterocycles. The average molecular weight is 270 g/mol. The van der Waals surface area contributed by atoms with Crippen LogP contribution in [0.25, 0.3) is 0 Å². The molecule has 3 heteroatoms. The van der Waals surface area contributed by atoms with E-state index < -0.39 is 10.0 Å². The highest BCUT2D eigenvalue weighted by molar-refractivity contribution is 8.33. The van der Waals surface area contributed by atoms with Crippen molar-refractivity contribution in [3.8, 4) is 11.5 Å². The Morgan fingerprint density at radius 1 is 1.06 bits per heavy atom. The van der Waals surface area contributed by atoms with E-state index in [0.29, 0.717) is 0 Å². The predicted octanol–water partition coefficient (Wildman–Crippen LogP) is 3.72. The Balaban J connectivity index is 2.74. The Morgan fingerprint density at radius 3 is 2.17 bits per heavy atom. The second kappa shape index (κ2) is 6.37. The summed E-state index contributed by atoms with van der Waals surface area (Å²) in [6.07, 6.45) is 5.94. The summed E-state index contributed by atoms with van der Waals surface area (Å²) >= 11 is 0. The van der Waals surface area contributed by atoms with Crippen LogP contribution in [0.15, 0.2) is 18.2 Å². The van der Waals surface area contributed by atoms with Crippen molar-refractivity contribution >= 4 is 10.0 Å². The Morgan fingerprint density at radius 2 is 1.67 bits per heavy atom. The van der Waals surface area contributed by atoms with Crippen molar-refractivity contribution in [2.75, 3.05) is 32.5 Å². The van der Waals surface area contributed by atoms with Crippen LogP contribution in [0.5, 0.6) is 11.5 Å². The lowest BCUT2D eigenvalue weighted by Crippen LogP contribution is -2.14. The third kappa shape index (κ3) is 3.84. The van der Waals surface area contributed by atoms with E-state index in [9.17, 15) is 0 Å². The Bertz CT molecular complexity index is 386. The molecule has 1 rings (SSSR count). The number of ether oxygens (including phenoxy) is 2. The molecule has 104 valence electrons. The van der Waals surface area contributed by atoms with Gasteiger partial charge in [-0.15, -0.1) is 0 Å². The van der Waals surface area contributed by atoms with E-state index in [1.807, 2.05) is 6.07 Å². The first-order chi connectivity index (χ1) is 8.40. The van der Waals surface area contributed by atoms with E-state index in [0.717, 1.165) is 23.2 Å². The zero-order valence-corrected chi connectivity index (χ0v) is 13.3. The third-order valence-electron chi connectivity index (χ3n) is 3.64. The van der Waals surface area contributed by atoms with Crippen LogP contribution in [0.3, 0.4) is 0 Å². The molecule has 0 N–H and O–H groups in total. The molecule has 0 bridgehead atoms. The molecule has 0 fully saturated rings. The monoisotopic (exact) mass is 270 g/mol. The minimum absolute atomic E-state index is 0.504. The molecule has 0 spiro atoms. The molecule has 0 aliphatic heterocycles. The molecule has 1 aromatic rings. The van der Waals surface area contributed by atoms with E-state index >= 15 is 0 Å². The molecule has 0 amide bonds. The van der Waals surface area contributed by atoms with Gasteiger partial charge in [-0.05, 0) is 47.6 Å². The Hall–Kier alpha value is -0.830. The Kier molecular flexibility index (Phi) is 5.39. The zero-order valence-electron chi connectivity index (χ0n) is 12.4. The lowest BCUT2D eigenvalue weighted by Gasteiger charge is -2.36. The van der Waals surface area contributed by atoms with Gasteiger partial charge in [-0.25, -0.2) is 10.0 Å². The molecule has 0 radical (unpaired) electrons. The normalized spacial score (nSPS) is 12.6. The van der Waals surface area contributed by atoms with Gasteiger partial charge in [-0.2, -0.15) is 0 Å². The standard InChI is InChI=1S/C15H26O2S/c1-12(2)18(5,6)10-9-13-7-8-14(16-3)15(11-13)17-4/h7-8,11-12H,9-10H2,1-6H3. The van der Waals surface area contributed by atoms with Crippen LogP contribution in [0.1, 0.15) is 19.4 Å². The lowest BCUT2D eigenvalue weighted by molar-refractivity contribution is 0.354. The first kappa shape index (κ1) is 15.2. The Labute approximate surface area is 113 Å². The smallest absolute Gasteiger partial charge is 0.160 e. The van der Waals surface area contributed by atoms with Crippen molar-refractivity contribution in [3.05, 3.63) is 23.8 Å². The number of hydrogen-bond donors (Lipinski definition) is 0. The maximum atomic E-state index is 5.34. The molecule has 0 saturated carbocycles. The SMILES string of the molecule is COc1ccc(CCS(C)(C)C(C)C)cc1OC. The zero-order chi connectivity index (χ0) is 13.8. The molecule has 18 heavy (non-hydrogen) atoms. The van der Waals surface area contributed by atoms with Crippen molar-refractivity contribution in [3.63, 3.8) is 0 Å². The minimum atomic E-state index is -0.504. The molecule has 1 aromatic carbocycles. The molecule has 0 heterocycles. The van der Waals surface area contributed by atoms with Crippen molar-refractivity contribution in [1.82, 2.24) is 0 Å². The summed E-state index contributed by atoms with van der Waals surface area (Å²) in [5.74, 6) is 2.89. The molecule has 0 unspecified atom stereocenters. The van der Waals surface area contributed by atoms with Crippen LogP contribution < -0.4 is 9.47 Å². The number of hydrogen-bond acceptors (Lipinski definition) is 2. The molecule has 0 aliphatic carbocycles. The second-order valence-corrected chi connectivity index (χ2v) is 9.91.